The number of aryl methyl sites for hydroxylation is 1. The van der Waals surface area contributed by atoms with E-state index in [4.69, 9.17) is 5.73 Å². The minimum Gasteiger partial charge on any atom is -0.330 e. The van der Waals surface area contributed by atoms with Gasteiger partial charge in [0.05, 0.1) is 0 Å². The van der Waals surface area contributed by atoms with Crippen molar-refractivity contribution in [1.29, 1.82) is 0 Å². The molecule has 0 aromatic heterocycles. The second kappa shape index (κ2) is 6.87. The molecule has 1 heterocycles. The first-order valence-electron chi connectivity index (χ1n) is 7.37. The van der Waals surface area contributed by atoms with Crippen molar-refractivity contribution >= 4 is 15.9 Å². The highest BCUT2D eigenvalue weighted by molar-refractivity contribution is 9.10. The number of hydrogen-bond acceptors (Lipinski definition) is 2. The van der Waals surface area contributed by atoms with Gasteiger partial charge < -0.3 is 5.73 Å². The Hall–Kier alpha value is -0.380. The topological polar surface area (TPSA) is 29.3 Å². The molecule has 106 valence electrons. The lowest BCUT2D eigenvalue weighted by atomic mass is 9.88. The molecule has 1 aliphatic rings. The van der Waals surface area contributed by atoms with Crippen molar-refractivity contribution in [3.8, 4) is 0 Å². The van der Waals surface area contributed by atoms with Gasteiger partial charge in [0.2, 0.25) is 0 Å². The van der Waals surface area contributed by atoms with Crippen LogP contribution >= 0.6 is 15.9 Å². The largest absolute Gasteiger partial charge is 0.330 e. The normalized spacial score (nSPS) is 25.3. The molecule has 1 aliphatic heterocycles. The van der Waals surface area contributed by atoms with Gasteiger partial charge in [-0.2, -0.15) is 0 Å². The predicted molar refractivity (Wildman–Crippen MR) is 85.3 cm³/mol. The lowest BCUT2D eigenvalue weighted by molar-refractivity contribution is 0.166. The minimum atomic E-state index is 0.490. The van der Waals surface area contributed by atoms with E-state index in [9.17, 15) is 0 Å². The Labute approximate surface area is 125 Å². The molecule has 1 aromatic carbocycles. The zero-order valence-corrected chi connectivity index (χ0v) is 13.6. The van der Waals surface area contributed by atoms with Gasteiger partial charge in [0.1, 0.15) is 0 Å². The highest BCUT2D eigenvalue weighted by atomic mass is 79.9. The van der Waals surface area contributed by atoms with E-state index in [1.165, 1.54) is 41.4 Å². The van der Waals surface area contributed by atoms with Crippen LogP contribution in [0.3, 0.4) is 0 Å². The van der Waals surface area contributed by atoms with Gasteiger partial charge in [-0.3, -0.25) is 4.90 Å². The molecule has 2 atom stereocenters. The highest BCUT2D eigenvalue weighted by Crippen LogP contribution is 2.35. The van der Waals surface area contributed by atoms with Gasteiger partial charge >= 0.3 is 0 Å². The average Bonchev–Trinajstić information content (AvgIpc) is 2.63. The predicted octanol–water partition coefficient (Wildman–Crippen LogP) is 3.88. The third-order valence-corrected chi connectivity index (χ3v) is 5.23. The molecule has 0 spiro atoms. The van der Waals surface area contributed by atoms with Crippen LogP contribution in [0.5, 0.6) is 0 Å². The third-order valence-electron chi connectivity index (χ3n) is 4.34. The molecule has 2 rings (SSSR count). The molecule has 1 fully saturated rings. The van der Waals surface area contributed by atoms with E-state index in [-0.39, 0.29) is 0 Å². The van der Waals surface area contributed by atoms with Crippen LogP contribution in [0.25, 0.3) is 0 Å². The van der Waals surface area contributed by atoms with E-state index in [0.717, 1.165) is 13.1 Å². The molecule has 2 nitrogen and oxygen atoms in total. The van der Waals surface area contributed by atoms with E-state index in [2.05, 4.69) is 52.9 Å². The Kier molecular flexibility index (Phi) is 5.43. The summed E-state index contributed by atoms with van der Waals surface area (Å²) < 4.78 is 1.19. The zero-order valence-electron chi connectivity index (χ0n) is 12.0. The number of benzene rings is 1. The minimum absolute atomic E-state index is 0.490. The third kappa shape index (κ3) is 3.39. The van der Waals surface area contributed by atoms with Crippen LogP contribution in [0, 0.1) is 12.8 Å². The maximum Gasteiger partial charge on any atom is 0.0388 e. The molecule has 3 heteroatoms. The summed E-state index contributed by atoms with van der Waals surface area (Å²) in [5, 5.41) is 0. The Morgan fingerprint density at radius 3 is 2.79 bits per heavy atom. The van der Waals surface area contributed by atoms with Crippen molar-refractivity contribution in [1.82, 2.24) is 4.90 Å². The van der Waals surface area contributed by atoms with Crippen LogP contribution in [0.1, 0.15) is 43.4 Å². The Morgan fingerprint density at radius 1 is 1.37 bits per heavy atom. The van der Waals surface area contributed by atoms with Gasteiger partial charge in [0, 0.05) is 10.5 Å². The lowest BCUT2D eigenvalue weighted by Crippen LogP contribution is -2.35. The van der Waals surface area contributed by atoms with E-state index < -0.39 is 0 Å². The summed E-state index contributed by atoms with van der Waals surface area (Å²) in [6, 6.07) is 7.25. The highest BCUT2D eigenvalue weighted by Gasteiger charge is 2.29. The Bertz CT molecular complexity index is 405. The van der Waals surface area contributed by atoms with Crippen molar-refractivity contribution in [3.63, 3.8) is 0 Å². The SMILES string of the molecule is CCN1CCCCC(CN)C1c1ccc(Br)c(C)c1. The molecular formula is C16H25BrN2. The molecule has 1 saturated heterocycles. The number of nitrogens with zero attached hydrogens (tertiary/aromatic N) is 1. The van der Waals surface area contributed by atoms with E-state index in [1.54, 1.807) is 0 Å². The maximum atomic E-state index is 6.05. The lowest BCUT2D eigenvalue weighted by Gasteiger charge is -2.34. The summed E-state index contributed by atoms with van der Waals surface area (Å²) in [6.45, 7) is 7.52. The zero-order chi connectivity index (χ0) is 13.8. The Balaban J connectivity index is 2.36. The summed E-state index contributed by atoms with van der Waals surface area (Å²) in [4.78, 5) is 2.60. The summed E-state index contributed by atoms with van der Waals surface area (Å²) in [6.07, 6.45) is 3.87. The van der Waals surface area contributed by atoms with Crippen LogP contribution < -0.4 is 5.73 Å². The molecule has 0 saturated carbocycles. The monoisotopic (exact) mass is 324 g/mol. The number of likely N-dealkylation sites (tertiary alicyclic amines) is 1. The molecular weight excluding hydrogens is 300 g/mol. The van der Waals surface area contributed by atoms with Crippen LogP contribution in [-0.2, 0) is 0 Å². The fourth-order valence-corrected chi connectivity index (χ4v) is 3.50. The van der Waals surface area contributed by atoms with Crippen molar-refractivity contribution < 1.29 is 0 Å². The summed E-state index contributed by atoms with van der Waals surface area (Å²) in [7, 11) is 0. The summed E-state index contributed by atoms with van der Waals surface area (Å²) in [5.74, 6) is 0.586. The van der Waals surface area contributed by atoms with Crippen molar-refractivity contribution in [2.24, 2.45) is 11.7 Å². The molecule has 2 unspecified atom stereocenters. The number of hydrogen-bond donors (Lipinski definition) is 1. The number of halogens is 1. The summed E-state index contributed by atoms with van der Waals surface area (Å²) in [5.41, 5.74) is 8.79. The van der Waals surface area contributed by atoms with Gasteiger partial charge in [0.25, 0.3) is 0 Å². The van der Waals surface area contributed by atoms with Crippen molar-refractivity contribution in [2.45, 2.75) is 39.2 Å². The molecule has 0 radical (unpaired) electrons. The van der Waals surface area contributed by atoms with Gasteiger partial charge in [-0.05, 0) is 62.5 Å². The van der Waals surface area contributed by atoms with Crippen molar-refractivity contribution in [2.75, 3.05) is 19.6 Å². The van der Waals surface area contributed by atoms with Crippen LogP contribution in [-0.4, -0.2) is 24.5 Å². The van der Waals surface area contributed by atoms with E-state index in [0.29, 0.717) is 12.0 Å². The molecule has 1 aromatic rings. The van der Waals surface area contributed by atoms with Gasteiger partial charge in [0.15, 0.2) is 0 Å². The number of nitrogens with two attached hydrogens (primary N) is 1. The van der Waals surface area contributed by atoms with Gasteiger partial charge in [-0.25, -0.2) is 0 Å². The quantitative estimate of drug-likeness (QED) is 0.914. The molecule has 0 bridgehead atoms. The first kappa shape index (κ1) is 15.0. The maximum absolute atomic E-state index is 6.05. The molecule has 2 N–H and O–H groups in total. The smallest absolute Gasteiger partial charge is 0.0388 e. The second-order valence-corrected chi connectivity index (χ2v) is 6.43. The molecule has 19 heavy (non-hydrogen) atoms. The van der Waals surface area contributed by atoms with Crippen LogP contribution in [0.15, 0.2) is 22.7 Å². The standard InChI is InChI=1S/C16H25BrN2/c1-3-19-9-5-4-6-14(11-18)16(19)13-7-8-15(17)12(2)10-13/h7-8,10,14,16H,3-6,9,11,18H2,1-2H3. The van der Waals surface area contributed by atoms with E-state index in [1.807, 2.05) is 0 Å². The summed E-state index contributed by atoms with van der Waals surface area (Å²) >= 11 is 3.59. The van der Waals surface area contributed by atoms with Crippen LogP contribution in [0.2, 0.25) is 0 Å². The van der Waals surface area contributed by atoms with E-state index >= 15 is 0 Å². The fourth-order valence-electron chi connectivity index (χ4n) is 3.25. The average molecular weight is 325 g/mol. The molecule has 0 amide bonds. The fraction of sp³-hybridized carbons (Fsp3) is 0.625. The Morgan fingerprint density at radius 2 is 2.16 bits per heavy atom. The van der Waals surface area contributed by atoms with Gasteiger partial charge in [-0.15, -0.1) is 0 Å². The number of rotatable bonds is 3. The van der Waals surface area contributed by atoms with Crippen LogP contribution in [0.4, 0.5) is 0 Å². The van der Waals surface area contributed by atoms with Crippen molar-refractivity contribution in [3.05, 3.63) is 33.8 Å². The van der Waals surface area contributed by atoms with Gasteiger partial charge in [-0.1, -0.05) is 41.4 Å². The molecule has 0 aliphatic carbocycles. The first-order chi connectivity index (χ1) is 9.17. The second-order valence-electron chi connectivity index (χ2n) is 5.57. The first-order valence-corrected chi connectivity index (χ1v) is 8.16.